The number of aromatic nitrogens is 2. The number of aliphatic hydroxyl groups is 1. The van der Waals surface area contributed by atoms with Crippen molar-refractivity contribution in [2.75, 3.05) is 12.4 Å². The van der Waals surface area contributed by atoms with Crippen LogP contribution in [0.4, 0.5) is 5.95 Å². The van der Waals surface area contributed by atoms with Crippen LogP contribution in [-0.2, 0) is 0 Å². The molecule has 0 amide bonds. The Hall–Kier alpha value is -1.88. The van der Waals surface area contributed by atoms with E-state index in [9.17, 15) is 5.11 Å². The number of nitrogens with zero attached hydrogens (tertiary/aromatic N) is 2. The quantitative estimate of drug-likeness (QED) is 0.898. The van der Waals surface area contributed by atoms with Crippen molar-refractivity contribution in [1.82, 2.24) is 9.97 Å². The molecule has 1 aromatic heterocycles. The van der Waals surface area contributed by atoms with Gasteiger partial charge in [0.05, 0.1) is 18.7 Å². The van der Waals surface area contributed by atoms with Crippen LogP contribution in [0.2, 0.25) is 0 Å². The molecule has 0 spiro atoms. The van der Waals surface area contributed by atoms with Gasteiger partial charge in [0.25, 0.3) is 0 Å². The largest absolute Gasteiger partial charge is 0.497 e. The lowest BCUT2D eigenvalue weighted by Gasteiger charge is -2.26. The third-order valence-electron chi connectivity index (χ3n) is 3.82. The van der Waals surface area contributed by atoms with Gasteiger partial charge in [-0.25, -0.2) is 9.97 Å². The van der Waals surface area contributed by atoms with Crippen LogP contribution >= 0.6 is 0 Å². The number of hydrogen-bond donors (Lipinski definition) is 2. The van der Waals surface area contributed by atoms with Crippen LogP contribution in [0.25, 0.3) is 10.9 Å². The van der Waals surface area contributed by atoms with E-state index in [0.717, 1.165) is 42.3 Å². The van der Waals surface area contributed by atoms with Gasteiger partial charge >= 0.3 is 0 Å². The highest BCUT2D eigenvalue weighted by atomic mass is 16.5. The minimum absolute atomic E-state index is 0.144. The lowest BCUT2D eigenvalue weighted by Crippen LogP contribution is -2.28. The van der Waals surface area contributed by atoms with Gasteiger partial charge in [-0.05, 0) is 37.8 Å². The summed E-state index contributed by atoms with van der Waals surface area (Å²) < 4.78 is 5.22. The van der Waals surface area contributed by atoms with Gasteiger partial charge in [-0.1, -0.05) is 0 Å². The predicted octanol–water partition coefficient (Wildman–Crippen LogP) is 2.35. The molecule has 1 aromatic carbocycles. The molecule has 0 unspecified atom stereocenters. The first-order chi connectivity index (χ1) is 9.74. The summed E-state index contributed by atoms with van der Waals surface area (Å²) >= 11 is 0. The average molecular weight is 273 g/mol. The van der Waals surface area contributed by atoms with Gasteiger partial charge in [-0.2, -0.15) is 0 Å². The molecule has 0 saturated heterocycles. The molecule has 0 aliphatic heterocycles. The molecule has 5 heteroatoms. The molecule has 0 bridgehead atoms. The van der Waals surface area contributed by atoms with Crippen molar-refractivity contribution in [3.63, 3.8) is 0 Å². The van der Waals surface area contributed by atoms with E-state index in [1.807, 2.05) is 24.4 Å². The van der Waals surface area contributed by atoms with Gasteiger partial charge in [-0.15, -0.1) is 0 Å². The number of ether oxygens (including phenoxy) is 1. The van der Waals surface area contributed by atoms with E-state index in [1.165, 1.54) is 0 Å². The molecule has 1 saturated carbocycles. The molecule has 1 heterocycles. The summed E-state index contributed by atoms with van der Waals surface area (Å²) in [6.07, 6.45) is 5.29. The summed E-state index contributed by atoms with van der Waals surface area (Å²) in [5, 5.41) is 13.9. The minimum atomic E-state index is -0.144. The number of methoxy groups -OCH3 is 1. The number of aliphatic hydroxyl groups excluding tert-OH is 1. The second-order valence-corrected chi connectivity index (χ2v) is 5.27. The van der Waals surface area contributed by atoms with E-state index in [1.54, 1.807) is 7.11 Å². The molecule has 5 nitrogen and oxygen atoms in total. The van der Waals surface area contributed by atoms with Gasteiger partial charge in [-0.3, -0.25) is 0 Å². The van der Waals surface area contributed by atoms with Crippen molar-refractivity contribution in [2.45, 2.75) is 37.8 Å². The number of fused-ring (bicyclic) bond motifs is 1. The van der Waals surface area contributed by atoms with E-state index in [-0.39, 0.29) is 6.10 Å². The summed E-state index contributed by atoms with van der Waals surface area (Å²) in [6.45, 7) is 0. The van der Waals surface area contributed by atoms with Gasteiger partial charge in [0, 0.05) is 23.7 Å². The highest BCUT2D eigenvalue weighted by molar-refractivity contribution is 5.80. The zero-order valence-corrected chi connectivity index (χ0v) is 11.5. The summed E-state index contributed by atoms with van der Waals surface area (Å²) in [5.41, 5.74) is 0.873. The lowest BCUT2D eigenvalue weighted by atomic mass is 9.93. The molecule has 3 rings (SSSR count). The Kier molecular flexibility index (Phi) is 3.69. The highest BCUT2D eigenvalue weighted by Crippen LogP contribution is 2.23. The van der Waals surface area contributed by atoms with Crippen molar-refractivity contribution >= 4 is 16.9 Å². The summed E-state index contributed by atoms with van der Waals surface area (Å²) in [4.78, 5) is 8.88. The first-order valence-electron chi connectivity index (χ1n) is 7.00. The molecule has 20 heavy (non-hydrogen) atoms. The van der Waals surface area contributed by atoms with Gasteiger partial charge in [0.1, 0.15) is 5.75 Å². The maximum absolute atomic E-state index is 9.52. The summed E-state index contributed by atoms with van der Waals surface area (Å²) in [6, 6.07) is 6.12. The third kappa shape index (κ3) is 2.82. The van der Waals surface area contributed by atoms with Gasteiger partial charge in [0.2, 0.25) is 5.95 Å². The van der Waals surface area contributed by atoms with E-state index in [2.05, 4.69) is 15.3 Å². The second kappa shape index (κ2) is 5.63. The lowest BCUT2D eigenvalue weighted by molar-refractivity contribution is 0.126. The van der Waals surface area contributed by atoms with E-state index in [0.29, 0.717) is 12.0 Å². The fourth-order valence-electron chi connectivity index (χ4n) is 2.60. The summed E-state index contributed by atoms with van der Waals surface area (Å²) in [5.74, 6) is 1.44. The monoisotopic (exact) mass is 273 g/mol. The molecule has 0 radical (unpaired) electrons. The van der Waals surface area contributed by atoms with Crippen LogP contribution in [0, 0.1) is 0 Å². The molecular weight excluding hydrogens is 254 g/mol. The molecule has 2 N–H and O–H groups in total. The smallest absolute Gasteiger partial charge is 0.223 e. The van der Waals surface area contributed by atoms with Gasteiger partial charge in [0.15, 0.2) is 0 Å². The van der Waals surface area contributed by atoms with E-state index < -0.39 is 0 Å². The molecule has 2 aromatic rings. The molecule has 1 aliphatic rings. The van der Waals surface area contributed by atoms with Crippen molar-refractivity contribution in [3.8, 4) is 5.75 Å². The van der Waals surface area contributed by atoms with Crippen LogP contribution in [0.5, 0.6) is 5.75 Å². The number of benzene rings is 1. The number of hydrogen-bond acceptors (Lipinski definition) is 5. The molecule has 106 valence electrons. The zero-order chi connectivity index (χ0) is 13.9. The average Bonchev–Trinajstić information content (AvgIpc) is 2.49. The molecule has 1 aliphatic carbocycles. The van der Waals surface area contributed by atoms with E-state index in [4.69, 9.17) is 4.74 Å². The Bertz CT molecular complexity index is 595. The molecular formula is C15H19N3O2. The van der Waals surface area contributed by atoms with Crippen LogP contribution in [-0.4, -0.2) is 34.3 Å². The maximum atomic E-state index is 9.52. The molecule has 0 atom stereocenters. The number of anilines is 1. The third-order valence-corrected chi connectivity index (χ3v) is 3.82. The Morgan fingerprint density at radius 2 is 2.05 bits per heavy atom. The predicted molar refractivity (Wildman–Crippen MR) is 78.0 cm³/mol. The van der Waals surface area contributed by atoms with E-state index >= 15 is 0 Å². The first-order valence-corrected chi connectivity index (χ1v) is 7.00. The Balaban J connectivity index is 1.78. The normalized spacial score (nSPS) is 22.7. The Morgan fingerprint density at radius 3 is 2.80 bits per heavy atom. The Morgan fingerprint density at radius 1 is 1.25 bits per heavy atom. The Labute approximate surface area is 118 Å². The van der Waals surface area contributed by atoms with Crippen LogP contribution in [0.1, 0.15) is 25.7 Å². The van der Waals surface area contributed by atoms with Crippen LogP contribution in [0.15, 0.2) is 24.4 Å². The number of nitrogens with one attached hydrogen (secondary N) is 1. The van der Waals surface area contributed by atoms with Crippen molar-refractivity contribution in [3.05, 3.63) is 24.4 Å². The van der Waals surface area contributed by atoms with Crippen molar-refractivity contribution < 1.29 is 9.84 Å². The van der Waals surface area contributed by atoms with Crippen LogP contribution < -0.4 is 10.1 Å². The van der Waals surface area contributed by atoms with Crippen LogP contribution in [0.3, 0.4) is 0 Å². The highest BCUT2D eigenvalue weighted by Gasteiger charge is 2.19. The number of rotatable bonds is 3. The first kappa shape index (κ1) is 13.1. The van der Waals surface area contributed by atoms with Crippen molar-refractivity contribution in [1.29, 1.82) is 0 Å². The standard InChI is InChI=1S/C15H19N3O2/c1-20-13-7-2-10-9-16-15(18-14(10)8-13)17-11-3-5-12(19)6-4-11/h2,7-9,11-12,19H,3-6H2,1H3,(H,16,17,18). The SMILES string of the molecule is COc1ccc2cnc(NC3CCC(O)CC3)nc2c1. The summed E-state index contributed by atoms with van der Waals surface area (Å²) in [7, 11) is 1.65. The second-order valence-electron chi connectivity index (χ2n) is 5.27. The fourth-order valence-corrected chi connectivity index (χ4v) is 2.60. The fraction of sp³-hybridized carbons (Fsp3) is 0.467. The minimum Gasteiger partial charge on any atom is -0.497 e. The van der Waals surface area contributed by atoms with Gasteiger partial charge < -0.3 is 15.2 Å². The zero-order valence-electron chi connectivity index (χ0n) is 11.5. The van der Waals surface area contributed by atoms with Crippen molar-refractivity contribution in [2.24, 2.45) is 0 Å². The maximum Gasteiger partial charge on any atom is 0.223 e. The molecule has 1 fully saturated rings. The topological polar surface area (TPSA) is 67.3 Å².